The van der Waals surface area contributed by atoms with Crippen LogP contribution in [0, 0.1) is 20.8 Å². The summed E-state index contributed by atoms with van der Waals surface area (Å²) in [5.74, 6) is 0. The van der Waals surface area contributed by atoms with Gasteiger partial charge >= 0.3 is 0 Å². The zero-order chi connectivity index (χ0) is 15.6. The SMILES string of the molecule is Cc1cc(C)cc(NS(=O)(=O)c2ccc(CN)c(C)c2)c1. The Morgan fingerprint density at radius 3 is 2.14 bits per heavy atom. The molecule has 0 spiro atoms. The Morgan fingerprint density at radius 1 is 1.00 bits per heavy atom. The van der Waals surface area contributed by atoms with E-state index in [2.05, 4.69) is 4.72 Å². The van der Waals surface area contributed by atoms with Crippen LogP contribution in [0.15, 0.2) is 41.3 Å². The van der Waals surface area contributed by atoms with E-state index in [1.54, 1.807) is 18.2 Å². The predicted molar refractivity (Wildman–Crippen MR) is 85.8 cm³/mol. The van der Waals surface area contributed by atoms with Gasteiger partial charge in [0.15, 0.2) is 0 Å². The van der Waals surface area contributed by atoms with E-state index in [0.717, 1.165) is 22.3 Å². The van der Waals surface area contributed by atoms with Crippen molar-refractivity contribution in [2.24, 2.45) is 5.73 Å². The second-order valence-corrected chi connectivity index (χ2v) is 6.96. The molecule has 0 atom stereocenters. The van der Waals surface area contributed by atoms with Crippen LogP contribution in [0.2, 0.25) is 0 Å². The Bertz CT molecular complexity index is 748. The van der Waals surface area contributed by atoms with Crippen molar-refractivity contribution in [1.29, 1.82) is 0 Å². The van der Waals surface area contributed by atoms with E-state index in [1.807, 2.05) is 39.0 Å². The average Bonchev–Trinajstić information content (AvgIpc) is 2.36. The number of hydrogen-bond donors (Lipinski definition) is 2. The van der Waals surface area contributed by atoms with Gasteiger partial charge in [0.25, 0.3) is 10.0 Å². The molecule has 21 heavy (non-hydrogen) atoms. The fourth-order valence-electron chi connectivity index (χ4n) is 2.31. The molecule has 0 saturated heterocycles. The molecule has 0 aromatic heterocycles. The summed E-state index contributed by atoms with van der Waals surface area (Å²) < 4.78 is 27.5. The van der Waals surface area contributed by atoms with Gasteiger partial charge < -0.3 is 5.73 Å². The topological polar surface area (TPSA) is 72.2 Å². The summed E-state index contributed by atoms with van der Waals surface area (Å²) in [5, 5.41) is 0. The number of benzene rings is 2. The lowest BCUT2D eigenvalue weighted by atomic mass is 10.1. The lowest BCUT2D eigenvalue weighted by molar-refractivity contribution is 0.601. The molecule has 0 aliphatic heterocycles. The molecule has 2 aromatic carbocycles. The highest BCUT2D eigenvalue weighted by Gasteiger charge is 2.15. The minimum absolute atomic E-state index is 0.247. The number of nitrogens with one attached hydrogen (secondary N) is 1. The van der Waals surface area contributed by atoms with Gasteiger partial charge in [0.2, 0.25) is 0 Å². The van der Waals surface area contributed by atoms with Crippen molar-refractivity contribution < 1.29 is 8.42 Å². The molecular weight excluding hydrogens is 284 g/mol. The third-order valence-corrected chi connectivity index (χ3v) is 4.70. The monoisotopic (exact) mass is 304 g/mol. The molecule has 0 heterocycles. The first kappa shape index (κ1) is 15.5. The number of aryl methyl sites for hydroxylation is 3. The summed E-state index contributed by atoms with van der Waals surface area (Å²) in [6, 6.07) is 10.6. The third kappa shape index (κ3) is 3.62. The van der Waals surface area contributed by atoms with E-state index in [-0.39, 0.29) is 4.90 Å². The number of nitrogens with two attached hydrogens (primary N) is 1. The maximum Gasteiger partial charge on any atom is 0.261 e. The summed E-state index contributed by atoms with van der Waals surface area (Å²) in [6.07, 6.45) is 0. The summed E-state index contributed by atoms with van der Waals surface area (Å²) in [6.45, 7) is 6.13. The Labute approximate surface area is 126 Å². The van der Waals surface area contributed by atoms with Crippen molar-refractivity contribution >= 4 is 15.7 Å². The van der Waals surface area contributed by atoms with Crippen LogP contribution in [0.1, 0.15) is 22.3 Å². The highest BCUT2D eigenvalue weighted by Crippen LogP contribution is 2.20. The summed E-state index contributed by atoms with van der Waals surface area (Å²) in [4.78, 5) is 0.247. The fraction of sp³-hybridized carbons (Fsp3) is 0.250. The fourth-order valence-corrected chi connectivity index (χ4v) is 3.44. The molecule has 0 unspecified atom stereocenters. The lowest BCUT2D eigenvalue weighted by Crippen LogP contribution is -2.14. The van der Waals surface area contributed by atoms with Crippen LogP contribution in [0.4, 0.5) is 5.69 Å². The van der Waals surface area contributed by atoms with Crippen LogP contribution < -0.4 is 10.5 Å². The average molecular weight is 304 g/mol. The third-order valence-electron chi connectivity index (χ3n) is 3.32. The maximum atomic E-state index is 12.4. The smallest absolute Gasteiger partial charge is 0.261 e. The van der Waals surface area contributed by atoms with Crippen molar-refractivity contribution in [1.82, 2.24) is 0 Å². The lowest BCUT2D eigenvalue weighted by Gasteiger charge is -2.11. The molecular formula is C16H20N2O2S. The van der Waals surface area contributed by atoms with Gasteiger partial charge in [-0.1, -0.05) is 12.1 Å². The van der Waals surface area contributed by atoms with E-state index < -0.39 is 10.0 Å². The van der Waals surface area contributed by atoms with Gasteiger partial charge in [-0.25, -0.2) is 8.42 Å². The van der Waals surface area contributed by atoms with Crippen molar-refractivity contribution in [3.05, 3.63) is 58.7 Å². The summed E-state index contributed by atoms with van der Waals surface area (Å²) in [7, 11) is -3.59. The zero-order valence-corrected chi connectivity index (χ0v) is 13.3. The Morgan fingerprint density at radius 2 is 1.62 bits per heavy atom. The molecule has 0 radical (unpaired) electrons. The quantitative estimate of drug-likeness (QED) is 0.912. The Balaban J connectivity index is 2.36. The molecule has 0 aliphatic rings. The highest BCUT2D eigenvalue weighted by molar-refractivity contribution is 7.92. The first-order valence-electron chi connectivity index (χ1n) is 6.72. The first-order valence-corrected chi connectivity index (χ1v) is 8.21. The van der Waals surface area contributed by atoms with Gasteiger partial charge in [-0.2, -0.15) is 0 Å². The van der Waals surface area contributed by atoms with E-state index in [9.17, 15) is 8.42 Å². The van der Waals surface area contributed by atoms with Crippen LogP contribution in [-0.4, -0.2) is 8.42 Å². The van der Waals surface area contributed by atoms with Gasteiger partial charge in [-0.3, -0.25) is 4.72 Å². The summed E-state index contributed by atoms with van der Waals surface area (Å²) in [5.41, 5.74) is 10.0. The molecule has 2 aromatic rings. The largest absolute Gasteiger partial charge is 0.326 e. The van der Waals surface area contributed by atoms with Crippen molar-refractivity contribution in [2.45, 2.75) is 32.2 Å². The minimum atomic E-state index is -3.59. The van der Waals surface area contributed by atoms with E-state index in [0.29, 0.717) is 12.2 Å². The normalized spacial score (nSPS) is 11.4. The first-order chi connectivity index (χ1) is 9.81. The van der Waals surface area contributed by atoms with Crippen molar-refractivity contribution in [3.8, 4) is 0 Å². The molecule has 0 fully saturated rings. The Kier molecular flexibility index (Phi) is 4.34. The zero-order valence-electron chi connectivity index (χ0n) is 12.5. The molecule has 2 rings (SSSR count). The molecule has 0 amide bonds. The van der Waals surface area contributed by atoms with Gasteiger partial charge in [-0.15, -0.1) is 0 Å². The van der Waals surface area contributed by atoms with Crippen LogP contribution in [0.25, 0.3) is 0 Å². The molecule has 0 bridgehead atoms. The standard InChI is InChI=1S/C16H20N2O2S/c1-11-6-12(2)8-15(7-11)18-21(19,20)16-5-4-14(10-17)13(3)9-16/h4-9,18H,10,17H2,1-3H3. The molecule has 0 aliphatic carbocycles. The van der Waals surface area contributed by atoms with Gasteiger partial charge in [0, 0.05) is 12.2 Å². The van der Waals surface area contributed by atoms with Crippen LogP contribution >= 0.6 is 0 Å². The minimum Gasteiger partial charge on any atom is -0.326 e. The summed E-state index contributed by atoms with van der Waals surface area (Å²) >= 11 is 0. The number of rotatable bonds is 4. The van der Waals surface area contributed by atoms with E-state index >= 15 is 0 Å². The molecule has 4 nitrogen and oxygen atoms in total. The molecule has 112 valence electrons. The Hall–Kier alpha value is -1.85. The number of sulfonamides is 1. The van der Waals surface area contributed by atoms with Crippen molar-refractivity contribution in [3.63, 3.8) is 0 Å². The van der Waals surface area contributed by atoms with Crippen LogP contribution in [0.5, 0.6) is 0 Å². The van der Waals surface area contributed by atoms with E-state index in [1.165, 1.54) is 0 Å². The van der Waals surface area contributed by atoms with Crippen molar-refractivity contribution in [2.75, 3.05) is 4.72 Å². The maximum absolute atomic E-state index is 12.4. The van der Waals surface area contributed by atoms with Crippen LogP contribution in [-0.2, 0) is 16.6 Å². The van der Waals surface area contributed by atoms with Crippen LogP contribution in [0.3, 0.4) is 0 Å². The van der Waals surface area contributed by atoms with E-state index in [4.69, 9.17) is 5.73 Å². The van der Waals surface area contributed by atoms with Gasteiger partial charge in [0.05, 0.1) is 4.90 Å². The van der Waals surface area contributed by atoms with Gasteiger partial charge in [0.1, 0.15) is 0 Å². The molecule has 3 N–H and O–H groups in total. The predicted octanol–water partition coefficient (Wildman–Crippen LogP) is 2.87. The number of anilines is 1. The molecule has 0 saturated carbocycles. The second-order valence-electron chi connectivity index (χ2n) is 5.27. The highest BCUT2D eigenvalue weighted by atomic mass is 32.2. The van der Waals surface area contributed by atoms with Gasteiger partial charge in [-0.05, 0) is 67.3 Å². The second kappa shape index (κ2) is 5.87. The number of hydrogen-bond acceptors (Lipinski definition) is 3. The molecule has 5 heteroatoms.